The molecule has 0 spiro atoms. The fourth-order valence-electron chi connectivity index (χ4n) is 2.40. The summed E-state index contributed by atoms with van der Waals surface area (Å²) in [7, 11) is 0. The van der Waals surface area contributed by atoms with Crippen molar-refractivity contribution >= 4 is 52.1 Å². The molecular formula is C18H14Cl2N4O2. The van der Waals surface area contributed by atoms with Crippen LogP contribution in [0.4, 0.5) is 5.69 Å². The number of carbonyl (C=O) groups is 1. The quantitative estimate of drug-likeness (QED) is 0.477. The van der Waals surface area contributed by atoms with Gasteiger partial charge >= 0.3 is 5.97 Å². The second-order valence-corrected chi connectivity index (χ2v) is 6.00. The van der Waals surface area contributed by atoms with E-state index in [1.807, 2.05) is 42.5 Å². The number of amidine groups is 1. The van der Waals surface area contributed by atoms with Crippen LogP contribution in [-0.4, -0.2) is 40.8 Å². The van der Waals surface area contributed by atoms with Gasteiger partial charge in [-0.3, -0.25) is 10.4 Å². The van der Waals surface area contributed by atoms with Gasteiger partial charge in [0.1, 0.15) is 5.84 Å². The first-order chi connectivity index (χ1) is 12.6. The summed E-state index contributed by atoms with van der Waals surface area (Å²) < 4.78 is 0. The van der Waals surface area contributed by atoms with Gasteiger partial charge in [0.15, 0.2) is 5.71 Å². The molecular weight excluding hydrogens is 375 g/mol. The lowest BCUT2D eigenvalue weighted by Gasteiger charge is -2.09. The molecule has 0 aromatic heterocycles. The van der Waals surface area contributed by atoms with Crippen LogP contribution >= 0.6 is 23.2 Å². The van der Waals surface area contributed by atoms with E-state index >= 15 is 0 Å². The van der Waals surface area contributed by atoms with Crippen LogP contribution in [0.15, 0.2) is 63.6 Å². The third-order valence-corrected chi connectivity index (χ3v) is 4.21. The Kier molecular flexibility index (Phi) is 5.65. The van der Waals surface area contributed by atoms with Crippen LogP contribution in [0.2, 0.25) is 5.02 Å². The molecule has 1 aliphatic heterocycles. The number of hydrogen-bond donors (Lipinski definition) is 2. The fourth-order valence-corrected chi connectivity index (χ4v) is 2.80. The molecule has 2 aromatic rings. The van der Waals surface area contributed by atoms with Crippen molar-refractivity contribution in [3.63, 3.8) is 0 Å². The lowest BCUT2D eigenvalue weighted by Crippen LogP contribution is -2.26. The SMILES string of the molecule is O=C(O)/C(CCl)=N\NC1=Nc2ccccc2C(c2ccccc2Cl)=NC1. The van der Waals surface area contributed by atoms with Gasteiger partial charge in [-0.2, -0.15) is 5.10 Å². The largest absolute Gasteiger partial charge is 0.477 e. The van der Waals surface area contributed by atoms with Gasteiger partial charge in [-0.15, -0.1) is 11.6 Å². The number of halogens is 2. The molecule has 6 nitrogen and oxygen atoms in total. The normalized spacial score (nSPS) is 14.0. The monoisotopic (exact) mass is 388 g/mol. The first kappa shape index (κ1) is 18.1. The molecule has 26 heavy (non-hydrogen) atoms. The van der Waals surface area contributed by atoms with Crippen LogP contribution in [-0.2, 0) is 4.79 Å². The van der Waals surface area contributed by atoms with Crippen molar-refractivity contribution in [1.82, 2.24) is 5.43 Å². The molecule has 2 aromatic carbocycles. The molecule has 3 rings (SSSR count). The van der Waals surface area contributed by atoms with Crippen LogP contribution < -0.4 is 5.43 Å². The second-order valence-electron chi connectivity index (χ2n) is 5.33. The fraction of sp³-hybridized carbons (Fsp3) is 0.111. The number of carboxylic acid groups (broad SMARTS) is 1. The first-order valence-corrected chi connectivity index (χ1v) is 8.59. The maximum Gasteiger partial charge on any atom is 0.353 e. The maximum atomic E-state index is 11.0. The average Bonchev–Trinajstić information content (AvgIpc) is 2.82. The van der Waals surface area contributed by atoms with Crippen LogP contribution in [0.1, 0.15) is 11.1 Å². The highest BCUT2D eigenvalue weighted by atomic mass is 35.5. The van der Waals surface area contributed by atoms with Crippen LogP contribution in [0, 0.1) is 0 Å². The molecule has 132 valence electrons. The predicted octanol–water partition coefficient (Wildman–Crippen LogP) is 3.49. The molecule has 8 heteroatoms. The van der Waals surface area contributed by atoms with Crippen molar-refractivity contribution in [2.75, 3.05) is 12.4 Å². The van der Waals surface area contributed by atoms with Crippen LogP contribution in [0.5, 0.6) is 0 Å². The number of aliphatic imine (C=N–C) groups is 2. The van der Waals surface area contributed by atoms with E-state index in [2.05, 4.69) is 20.5 Å². The van der Waals surface area contributed by atoms with Crippen LogP contribution in [0.25, 0.3) is 0 Å². The number of rotatable bonds is 4. The Morgan fingerprint density at radius 3 is 2.54 bits per heavy atom. The van der Waals surface area contributed by atoms with Crippen LogP contribution in [0.3, 0.4) is 0 Å². The van der Waals surface area contributed by atoms with Crippen molar-refractivity contribution in [2.45, 2.75) is 0 Å². The highest BCUT2D eigenvalue weighted by Gasteiger charge is 2.18. The molecule has 0 saturated carbocycles. The van der Waals surface area contributed by atoms with Gasteiger partial charge in [-0.1, -0.05) is 48.0 Å². The Labute approximate surface area is 159 Å². The summed E-state index contributed by atoms with van der Waals surface area (Å²) >= 11 is 11.9. The zero-order valence-corrected chi connectivity index (χ0v) is 15.0. The van der Waals surface area contributed by atoms with Crippen molar-refractivity contribution in [2.24, 2.45) is 15.1 Å². The summed E-state index contributed by atoms with van der Waals surface area (Å²) in [5.74, 6) is -1.01. The minimum atomic E-state index is -1.19. The summed E-state index contributed by atoms with van der Waals surface area (Å²) in [6.07, 6.45) is 0. The van der Waals surface area contributed by atoms with Crippen molar-refractivity contribution in [3.05, 3.63) is 64.7 Å². The number of hydrazone groups is 1. The number of benzene rings is 2. The van der Waals surface area contributed by atoms with E-state index in [1.54, 1.807) is 6.07 Å². The summed E-state index contributed by atoms with van der Waals surface area (Å²) in [5.41, 5.74) is 5.48. The maximum absolute atomic E-state index is 11.0. The lowest BCUT2D eigenvalue weighted by atomic mass is 10.0. The molecule has 1 aliphatic rings. The Hall–Kier alpha value is -2.70. The molecule has 1 heterocycles. The van der Waals surface area contributed by atoms with Gasteiger partial charge in [0, 0.05) is 16.1 Å². The number of para-hydroxylation sites is 1. The van der Waals surface area contributed by atoms with E-state index in [0.29, 0.717) is 22.3 Å². The highest BCUT2D eigenvalue weighted by molar-refractivity contribution is 6.46. The molecule has 0 unspecified atom stereocenters. The zero-order chi connectivity index (χ0) is 18.5. The van der Waals surface area contributed by atoms with Gasteiger partial charge in [0.05, 0.1) is 23.8 Å². The number of hydrogen-bond acceptors (Lipinski definition) is 5. The molecule has 0 atom stereocenters. The van der Waals surface area contributed by atoms with Crippen molar-refractivity contribution < 1.29 is 9.90 Å². The summed E-state index contributed by atoms with van der Waals surface area (Å²) in [6.45, 7) is 0.188. The summed E-state index contributed by atoms with van der Waals surface area (Å²) in [5, 5.41) is 13.4. The predicted molar refractivity (Wildman–Crippen MR) is 104 cm³/mol. The van der Waals surface area contributed by atoms with E-state index < -0.39 is 5.97 Å². The molecule has 0 aliphatic carbocycles. The van der Waals surface area contributed by atoms with E-state index in [1.165, 1.54) is 0 Å². The highest BCUT2D eigenvalue weighted by Crippen LogP contribution is 2.27. The lowest BCUT2D eigenvalue weighted by molar-refractivity contribution is -0.129. The van der Waals surface area contributed by atoms with Gasteiger partial charge in [0.2, 0.25) is 0 Å². The molecule has 2 N–H and O–H groups in total. The minimum absolute atomic E-state index is 0.188. The number of carboxylic acids is 1. The Bertz CT molecular complexity index is 938. The van der Waals surface area contributed by atoms with Gasteiger partial charge < -0.3 is 5.11 Å². The summed E-state index contributed by atoms with van der Waals surface area (Å²) in [4.78, 5) is 20.1. The topological polar surface area (TPSA) is 86.4 Å². The first-order valence-electron chi connectivity index (χ1n) is 7.68. The third-order valence-electron chi connectivity index (χ3n) is 3.62. The zero-order valence-electron chi connectivity index (χ0n) is 13.5. The molecule has 0 radical (unpaired) electrons. The second kappa shape index (κ2) is 8.12. The number of nitrogens with one attached hydrogen (secondary N) is 1. The van der Waals surface area contributed by atoms with E-state index in [9.17, 15) is 4.79 Å². The number of nitrogens with zero attached hydrogens (tertiary/aromatic N) is 3. The van der Waals surface area contributed by atoms with Gasteiger partial charge in [-0.05, 0) is 12.1 Å². The Balaban J connectivity index is 2.01. The van der Waals surface area contributed by atoms with Crippen molar-refractivity contribution in [3.8, 4) is 0 Å². The van der Waals surface area contributed by atoms with E-state index in [4.69, 9.17) is 28.3 Å². The molecule has 0 bridgehead atoms. The van der Waals surface area contributed by atoms with Crippen molar-refractivity contribution in [1.29, 1.82) is 0 Å². The number of aliphatic carboxylic acids is 1. The molecule has 0 saturated heterocycles. The minimum Gasteiger partial charge on any atom is -0.477 e. The van der Waals surface area contributed by atoms with Gasteiger partial charge in [0.25, 0.3) is 0 Å². The van der Waals surface area contributed by atoms with Gasteiger partial charge in [-0.25, -0.2) is 9.79 Å². The molecule has 0 fully saturated rings. The standard InChI is InChI=1S/C18H14Cl2N4O2/c19-9-15(18(25)26)23-24-16-10-21-17(11-5-1-3-7-13(11)20)12-6-2-4-8-14(12)22-16/h1-8H,9-10H2,(H,22,24)(H,25,26)/b23-15-. The van der Waals surface area contributed by atoms with E-state index in [0.717, 1.165) is 11.1 Å². The third kappa shape index (κ3) is 3.92. The Morgan fingerprint density at radius 2 is 1.85 bits per heavy atom. The van der Waals surface area contributed by atoms with E-state index in [-0.39, 0.29) is 18.1 Å². The average molecular weight is 389 g/mol. The number of alkyl halides is 1. The Morgan fingerprint density at radius 1 is 1.15 bits per heavy atom. The summed E-state index contributed by atoms with van der Waals surface area (Å²) in [6, 6.07) is 15.0. The smallest absolute Gasteiger partial charge is 0.353 e. The number of fused-ring (bicyclic) bond motifs is 1. The molecule has 0 amide bonds.